The number of hydrogen-bond donors (Lipinski definition) is 1. The number of fused-ring (bicyclic) bond motifs is 1. The number of alkyl halides is 3. The monoisotopic (exact) mass is 291 g/mol. The minimum absolute atomic E-state index is 0.0962. The van der Waals surface area contributed by atoms with E-state index in [9.17, 15) is 13.2 Å². The molecule has 0 spiro atoms. The Bertz CT molecular complexity index is 475. The van der Waals surface area contributed by atoms with Crippen molar-refractivity contribution in [3.63, 3.8) is 0 Å². The Hall–Kier alpha value is -1.63. The normalized spacial score (nSPS) is 15.2. The van der Waals surface area contributed by atoms with Gasteiger partial charge in [-0.05, 0) is 25.0 Å². The third-order valence-electron chi connectivity index (χ3n) is 2.74. The second-order valence-electron chi connectivity index (χ2n) is 4.71. The average molecular weight is 291 g/mol. The summed E-state index contributed by atoms with van der Waals surface area (Å²) < 4.78 is 52.1. The maximum absolute atomic E-state index is 12.1. The zero-order valence-electron chi connectivity index (χ0n) is 11.0. The van der Waals surface area contributed by atoms with Crippen molar-refractivity contribution in [1.29, 1.82) is 0 Å². The predicted molar refractivity (Wildman–Crippen MR) is 66.1 cm³/mol. The van der Waals surface area contributed by atoms with Gasteiger partial charge < -0.3 is 19.9 Å². The summed E-state index contributed by atoms with van der Waals surface area (Å²) in [6.45, 7) is 1.47. The maximum atomic E-state index is 12.1. The first-order chi connectivity index (χ1) is 9.35. The van der Waals surface area contributed by atoms with Crippen LogP contribution in [0.5, 0.6) is 17.2 Å². The van der Waals surface area contributed by atoms with Gasteiger partial charge in [0, 0.05) is 12.1 Å². The average Bonchev–Trinajstić information content (AvgIpc) is 2.73. The topological polar surface area (TPSA) is 53.7 Å². The number of nitrogens with two attached hydrogens (primary N) is 1. The molecule has 1 atom stereocenters. The van der Waals surface area contributed by atoms with Crippen LogP contribution in [-0.2, 0) is 6.42 Å². The quantitative estimate of drug-likeness (QED) is 0.906. The van der Waals surface area contributed by atoms with E-state index in [4.69, 9.17) is 19.9 Å². The Morgan fingerprint density at radius 2 is 1.95 bits per heavy atom. The molecule has 0 amide bonds. The summed E-state index contributed by atoms with van der Waals surface area (Å²) in [4.78, 5) is 0. The van der Waals surface area contributed by atoms with Crippen LogP contribution in [0.15, 0.2) is 12.1 Å². The Kier molecular flexibility index (Phi) is 4.27. The number of hydrogen-bond acceptors (Lipinski definition) is 4. The molecule has 1 unspecified atom stereocenters. The molecule has 2 rings (SSSR count). The molecule has 4 nitrogen and oxygen atoms in total. The number of rotatable bonds is 5. The van der Waals surface area contributed by atoms with Crippen molar-refractivity contribution in [3.05, 3.63) is 17.7 Å². The lowest BCUT2D eigenvalue weighted by Gasteiger charge is -2.15. The van der Waals surface area contributed by atoms with E-state index in [1.807, 2.05) is 6.92 Å². The van der Waals surface area contributed by atoms with Crippen LogP contribution in [0, 0.1) is 0 Å². The largest absolute Gasteiger partial charge is 0.493 e. The summed E-state index contributed by atoms with van der Waals surface area (Å²) in [5.74, 6) is 1.39. The highest BCUT2D eigenvalue weighted by atomic mass is 19.4. The maximum Gasteiger partial charge on any atom is 0.392 e. The lowest BCUT2D eigenvalue weighted by Crippen LogP contribution is -2.19. The second-order valence-corrected chi connectivity index (χ2v) is 4.71. The third kappa shape index (κ3) is 3.93. The smallest absolute Gasteiger partial charge is 0.392 e. The fraction of sp³-hybridized carbons (Fsp3) is 0.538. The standard InChI is InChI=1S/C13H16F3NO3/c1-8(17)4-9-5-11-12(20-7-19-11)6-10(9)18-3-2-13(14,15)16/h5-6,8H,2-4,7,17H2,1H3. The SMILES string of the molecule is CC(N)Cc1cc2c(cc1OCCC(F)(F)F)OCO2. The minimum Gasteiger partial charge on any atom is -0.493 e. The van der Waals surface area contributed by atoms with E-state index in [1.165, 1.54) is 0 Å². The first-order valence-electron chi connectivity index (χ1n) is 6.23. The Morgan fingerprint density at radius 1 is 1.30 bits per heavy atom. The summed E-state index contributed by atoms with van der Waals surface area (Å²) in [7, 11) is 0. The van der Waals surface area contributed by atoms with E-state index in [0.717, 1.165) is 0 Å². The summed E-state index contributed by atoms with van der Waals surface area (Å²) in [5.41, 5.74) is 6.44. The Labute approximate surface area is 114 Å². The molecule has 20 heavy (non-hydrogen) atoms. The van der Waals surface area contributed by atoms with Gasteiger partial charge in [0.1, 0.15) is 5.75 Å². The van der Waals surface area contributed by atoms with Gasteiger partial charge in [0.05, 0.1) is 13.0 Å². The van der Waals surface area contributed by atoms with Gasteiger partial charge in [0.25, 0.3) is 0 Å². The number of benzene rings is 1. The van der Waals surface area contributed by atoms with Crippen LogP contribution < -0.4 is 19.9 Å². The van der Waals surface area contributed by atoms with Gasteiger partial charge in [0.15, 0.2) is 11.5 Å². The molecule has 0 fully saturated rings. The predicted octanol–water partition coefficient (Wildman–Crippen LogP) is 2.64. The summed E-state index contributed by atoms with van der Waals surface area (Å²) in [6.07, 6.45) is -4.76. The number of halogens is 3. The molecule has 1 aromatic carbocycles. The molecule has 2 N–H and O–H groups in total. The molecule has 1 heterocycles. The van der Waals surface area contributed by atoms with Crippen LogP contribution in [0.1, 0.15) is 18.9 Å². The van der Waals surface area contributed by atoms with E-state index < -0.39 is 19.2 Å². The first kappa shape index (κ1) is 14.8. The molecule has 0 aromatic heterocycles. The van der Waals surface area contributed by atoms with E-state index in [2.05, 4.69) is 0 Å². The fourth-order valence-electron chi connectivity index (χ4n) is 1.88. The van der Waals surface area contributed by atoms with Gasteiger partial charge in [-0.15, -0.1) is 0 Å². The Balaban J connectivity index is 2.12. The van der Waals surface area contributed by atoms with Crippen molar-refractivity contribution in [2.45, 2.75) is 32.0 Å². The van der Waals surface area contributed by atoms with Gasteiger partial charge in [-0.25, -0.2) is 0 Å². The molecular weight excluding hydrogens is 275 g/mol. The van der Waals surface area contributed by atoms with Gasteiger partial charge >= 0.3 is 6.18 Å². The molecule has 0 bridgehead atoms. The number of ether oxygens (including phenoxy) is 3. The van der Waals surface area contributed by atoms with Crippen molar-refractivity contribution >= 4 is 0 Å². The summed E-state index contributed by atoms with van der Waals surface area (Å²) in [6, 6.07) is 3.12. The van der Waals surface area contributed by atoms with Crippen LogP contribution in [0.3, 0.4) is 0 Å². The van der Waals surface area contributed by atoms with E-state index in [-0.39, 0.29) is 12.8 Å². The second kappa shape index (κ2) is 5.78. The van der Waals surface area contributed by atoms with Crippen molar-refractivity contribution in [2.24, 2.45) is 5.73 Å². The molecular formula is C13H16F3NO3. The van der Waals surface area contributed by atoms with Gasteiger partial charge in [-0.1, -0.05) is 0 Å². The molecule has 1 aliphatic rings. The molecule has 0 aliphatic carbocycles. The van der Waals surface area contributed by atoms with Crippen molar-refractivity contribution in [1.82, 2.24) is 0 Å². The van der Waals surface area contributed by atoms with Crippen LogP contribution in [0.2, 0.25) is 0 Å². The summed E-state index contributed by atoms with van der Waals surface area (Å²) in [5, 5.41) is 0. The highest BCUT2D eigenvalue weighted by molar-refractivity contribution is 5.52. The van der Waals surface area contributed by atoms with Crippen LogP contribution in [0.25, 0.3) is 0 Å². The molecule has 0 radical (unpaired) electrons. The molecule has 0 saturated carbocycles. The lowest BCUT2D eigenvalue weighted by molar-refractivity contribution is -0.139. The molecule has 1 aromatic rings. The van der Waals surface area contributed by atoms with Crippen LogP contribution in [-0.4, -0.2) is 25.6 Å². The van der Waals surface area contributed by atoms with Crippen molar-refractivity contribution in [2.75, 3.05) is 13.4 Å². The summed E-state index contributed by atoms with van der Waals surface area (Å²) >= 11 is 0. The van der Waals surface area contributed by atoms with E-state index in [0.29, 0.717) is 29.2 Å². The minimum atomic E-state index is -4.24. The molecule has 1 aliphatic heterocycles. The Morgan fingerprint density at radius 3 is 2.55 bits per heavy atom. The zero-order valence-corrected chi connectivity index (χ0v) is 11.0. The van der Waals surface area contributed by atoms with Crippen molar-refractivity contribution in [3.8, 4) is 17.2 Å². The van der Waals surface area contributed by atoms with E-state index >= 15 is 0 Å². The lowest BCUT2D eigenvalue weighted by atomic mass is 10.1. The van der Waals surface area contributed by atoms with Crippen molar-refractivity contribution < 1.29 is 27.4 Å². The zero-order chi connectivity index (χ0) is 14.8. The third-order valence-corrected chi connectivity index (χ3v) is 2.74. The van der Waals surface area contributed by atoms with Gasteiger partial charge in [0.2, 0.25) is 6.79 Å². The molecule has 7 heteroatoms. The highest BCUT2D eigenvalue weighted by Gasteiger charge is 2.27. The molecule has 112 valence electrons. The van der Waals surface area contributed by atoms with Crippen LogP contribution >= 0.6 is 0 Å². The first-order valence-corrected chi connectivity index (χ1v) is 6.23. The van der Waals surface area contributed by atoms with Gasteiger partial charge in [-0.2, -0.15) is 13.2 Å². The molecule has 0 saturated heterocycles. The highest BCUT2D eigenvalue weighted by Crippen LogP contribution is 2.38. The fourth-order valence-corrected chi connectivity index (χ4v) is 1.88. The van der Waals surface area contributed by atoms with Gasteiger partial charge in [-0.3, -0.25) is 0 Å². The van der Waals surface area contributed by atoms with E-state index in [1.54, 1.807) is 12.1 Å². The van der Waals surface area contributed by atoms with Crippen LogP contribution in [0.4, 0.5) is 13.2 Å².